The molecule has 0 aliphatic heterocycles. The Morgan fingerprint density at radius 2 is 1.03 bits per heavy atom. The highest BCUT2D eigenvalue weighted by molar-refractivity contribution is 5.21. The maximum Gasteiger partial charge on any atom is 0.333 e. The van der Waals surface area contributed by atoms with E-state index in [1.54, 1.807) is 4.57 Å². The van der Waals surface area contributed by atoms with Crippen molar-refractivity contribution >= 4 is 0 Å². The summed E-state index contributed by atoms with van der Waals surface area (Å²) in [5.74, 6) is 0.183. The van der Waals surface area contributed by atoms with Gasteiger partial charge < -0.3 is 5.11 Å². The van der Waals surface area contributed by atoms with Gasteiger partial charge in [0.1, 0.15) is 0 Å². The standard InChI is InChI=1S/C25H50N4O2/c1-6-11-16-23-24(30)29(22-27(19-14-9-4)20-15-10-5)25(31)28(23)21-26(17-12-7-2)18-13-8-3/h30H,6-22H2,1-5H3. The van der Waals surface area contributed by atoms with Crippen LogP contribution in [0, 0.1) is 0 Å². The summed E-state index contributed by atoms with van der Waals surface area (Å²) in [6.07, 6.45) is 11.9. The topological polar surface area (TPSA) is 53.6 Å². The van der Waals surface area contributed by atoms with E-state index < -0.39 is 0 Å². The third-order valence-corrected chi connectivity index (χ3v) is 6.06. The van der Waals surface area contributed by atoms with E-state index in [0.29, 0.717) is 13.3 Å². The molecule has 0 spiro atoms. The van der Waals surface area contributed by atoms with Crippen molar-refractivity contribution in [2.45, 2.75) is 119 Å². The lowest BCUT2D eigenvalue weighted by molar-refractivity contribution is 0.191. The Bertz CT molecular complexity index is 622. The van der Waals surface area contributed by atoms with Gasteiger partial charge in [0.05, 0.1) is 19.0 Å². The van der Waals surface area contributed by atoms with E-state index in [1.165, 1.54) is 0 Å². The molecule has 182 valence electrons. The van der Waals surface area contributed by atoms with Gasteiger partial charge in [-0.25, -0.2) is 9.36 Å². The maximum atomic E-state index is 13.5. The van der Waals surface area contributed by atoms with Crippen LogP contribution in [0.15, 0.2) is 4.79 Å². The first-order valence-corrected chi connectivity index (χ1v) is 13.0. The summed E-state index contributed by atoms with van der Waals surface area (Å²) < 4.78 is 3.47. The van der Waals surface area contributed by atoms with Gasteiger partial charge in [0.25, 0.3) is 0 Å². The largest absolute Gasteiger partial charge is 0.493 e. The number of nitrogens with zero attached hydrogens (tertiary/aromatic N) is 4. The third kappa shape index (κ3) is 9.40. The Labute approximate surface area is 191 Å². The summed E-state index contributed by atoms with van der Waals surface area (Å²) in [7, 11) is 0. The number of imidazole rings is 1. The summed E-state index contributed by atoms with van der Waals surface area (Å²) in [5.41, 5.74) is 0.760. The first kappa shape index (κ1) is 27.8. The molecule has 31 heavy (non-hydrogen) atoms. The average molecular weight is 439 g/mol. The molecule has 0 amide bonds. The van der Waals surface area contributed by atoms with Crippen LogP contribution in [0.1, 0.15) is 105 Å². The van der Waals surface area contributed by atoms with Gasteiger partial charge in [-0.15, -0.1) is 0 Å². The van der Waals surface area contributed by atoms with E-state index in [4.69, 9.17) is 0 Å². The lowest BCUT2D eigenvalue weighted by Crippen LogP contribution is -2.38. The Kier molecular flexibility index (Phi) is 14.7. The number of rotatable bonds is 19. The summed E-state index contributed by atoms with van der Waals surface area (Å²) in [6.45, 7) is 16.0. The highest BCUT2D eigenvalue weighted by Gasteiger charge is 2.22. The SMILES string of the molecule is CCCCc1c(O)n(CN(CCCC)CCCC)c(=O)n1CN(CCCC)CCCC. The van der Waals surface area contributed by atoms with Crippen molar-refractivity contribution in [1.29, 1.82) is 0 Å². The van der Waals surface area contributed by atoms with Crippen molar-refractivity contribution < 1.29 is 5.11 Å². The van der Waals surface area contributed by atoms with Crippen molar-refractivity contribution in [2.75, 3.05) is 26.2 Å². The molecule has 0 aromatic carbocycles. The Hall–Kier alpha value is -1.27. The minimum atomic E-state index is -0.0559. The molecule has 6 heteroatoms. The van der Waals surface area contributed by atoms with Gasteiger partial charge in [-0.1, -0.05) is 66.7 Å². The molecule has 0 unspecified atom stereocenters. The second-order valence-corrected chi connectivity index (χ2v) is 8.95. The summed E-state index contributed by atoms with van der Waals surface area (Å²) in [5, 5.41) is 11.1. The van der Waals surface area contributed by atoms with Crippen LogP contribution in [0.3, 0.4) is 0 Å². The van der Waals surface area contributed by atoms with Crippen molar-refractivity contribution in [2.24, 2.45) is 0 Å². The van der Waals surface area contributed by atoms with Gasteiger partial charge in [0.2, 0.25) is 5.88 Å². The summed E-state index contributed by atoms with van der Waals surface area (Å²) >= 11 is 0. The molecule has 1 aromatic heterocycles. The molecule has 0 atom stereocenters. The van der Waals surface area contributed by atoms with Gasteiger partial charge >= 0.3 is 5.69 Å². The highest BCUT2D eigenvalue weighted by atomic mass is 16.3. The van der Waals surface area contributed by atoms with Crippen molar-refractivity contribution in [3.05, 3.63) is 16.2 Å². The fraction of sp³-hybridized carbons (Fsp3) is 0.880. The zero-order valence-corrected chi connectivity index (χ0v) is 21.2. The molecule has 0 saturated heterocycles. The van der Waals surface area contributed by atoms with E-state index in [2.05, 4.69) is 44.4 Å². The lowest BCUT2D eigenvalue weighted by atomic mass is 10.2. The van der Waals surface area contributed by atoms with Crippen LogP contribution in [0.4, 0.5) is 0 Å². The van der Waals surface area contributed by atoms with Gasteiger partial charge in [-0.05, 0) is 64.7 Å². The van der Waals surface area contributed by atoms with Gasteiger partial charge in [0.15, 0.2) is 0 Å². The zero-order valence-electron chi connectivity index (χ0n) is 21.2. The molecule has 1 rings (SSSR count). The molecule has 1 heterocycles. The molecule has 1 N–H and O–H groups in total. The summed E-state index contributed by atoms with van der Waals surface area (Å²) in [6, 6.07) is 0. The molecule has 0 fully saturated rings. The molecule has 1 aromatic rings. The van der Waals surface area contributed by atoms with Gasteiger partial charge in [0, 0.05) is 0 Å². The second-order valence-electron chi connectivity index (χ2n) is 8.95. The van der Waals surface area contributed by atoms with E-state index in [9.17, 15) is 9.90 Å². The van der Waals surface area contributed by atoms with Crippen LogP contribution in [0.5, 0.6) is 5.88 Å². The highest BCUT2D eigenvalue weighted by Crippen LogP contribution is 2.20. The molecule has 0 aliphatic carbocycles. The number of hydrogen-bond acceptors (Lipinski definition) is 4. The van der Waals surface area contributed by atoms with Crippen molar-refractivity contribution in [1.82, 2.24) is 18.9 Å². The predicted molar refractivity (Wildman–Crippen MR) is 132 cm³/mol. The fourth-order valence-corrected chi connectivity index (χ4v) is 3.93. The second kappa shape index (κ2) is 16.4. The van der Waals surface area contributed by atoms with Crippen molar-refractivity contribution in [3.63, 3.8) is 0 Å². The predicted octanol–water partition coefficient (Wildman–Crippen LogP) is 5.42. The first-order chi connectivity index (χ1) is 15.0. The molecule has 0 radical (unpaired) electrons. The Balaban J connectivity index is 3.19. The molecular formula is C25H50N4O2. The van der Waals surface area contributed by atoms with E-state index >= 15 is 0 Å². The number of unbranched alkanes of at least 4 members (excludes halogenated alkanes) is 5. The number of hydrogen-bond donors (Lipinski definition) is 1. The lowest BCUT2D eigenvalue weighted by Gasteiger charge is -2.23. The van der Waals surface area contributed by atoms with E-state index in [1.807, 2.05) is 4.57 Å². The minimum Gasteiger partial charge on any atom is -0.493 e. The first-order valence-electron chi connectivity index (χ1n) is 13.0. The molecule has 0 saturated carbocycles. The maximum absolute atomic E-state index is 13.5. The third-order valence-electron chi connectivity index (χ3n) is 6.06. The number of aromatic nitrogens is 2. The zero-order chi connectivity index (χ0) is 23.1. The minimum absolute atomic E-state index is 0.0559. The van der Waals surface area contributed by atoms with Crippen LogP contribution in [0.25, 0.3) is 0 Å². The van der Waals surface area contributed by atoms with Crippen molar-refractivity contribution in [3.8, 4) is 5.88 Å². The average Bonchev–Trinajstić information content (AvgIpc) is 2.99. The van der Waals surface area contributed by atoms with Crippen LogP contribution in [-0.2, 0) is 19.8 Å². The van der Waals surface area contributed by atoms with E-state index in [0.717, 1.165) is 103 Å². The smallest absolute Gasteiger partial charge is 0.333 e. The molecule has 6 nitrogen and oxygen atoms in total. The Morgan fingerprint density at radius 3 is 1.42 bits per heavy atom. The quantitative estimate of drug-likeness (QED) is 0.313. The van der Waals surface area contributed by atoms with Gasteiger partial charge in [-0.2, -0.15) is 0 Å². The number of aromatic hydroxyl groups is 1. The normalized spacial score (nSPS) is 11.8. The Morgan fingerprint density at radius 1 is 0.645 bits per heavy atom. The monoisotopic (exact) mass is 438 g/mol. The summed E-state index contributed by atoms with van der Waals surface area (Å²) in [4.78, 5) is 18.2. The fourth-order valence-electron chi connectivity index (χ4n) is 3.93. The van der Waals surface area contributed by atoms with Crippen LogP contribution >= 0.6 is 0 Å². The molecular weight excluding hydrogens is 388 g/mol. The van der Waals surface area contributed by atoms with Gasteiger partial charge in [-0.3, -0.25) is 14.4 Å². The molecule has 0 bridgehead atoms. The van der Waals surface area contributed by atoms with Crippen LogP contribution < -0.4 is 5.69 Å². The van der Waals surface area contributed by atoms with E-state index in [-0.39, 0.29) is 11.6 Å². The van der Waals surface area contributed by atoms with Crippen LogP contribution in [-0.4, -0.2) is 50.2 Å². The van der Waals surface area contributed by atoms with Crippen LogP contribution in [0.2, 0.25) is 0 Å². The molecule has 0 aliphatic rings.